The van der Waals surface area contributed by atoms with E-state index in [9.17, 15) is 22.8 Å². The van der Waals surface area contributed by atoms with Crippen LogP contribution in [0.2, 0.25) is 0 Å². The van der Waals surface area contributed by atoms with Gasteiger partial charge < -0.3 is 14.8 Å². The van der Waals surface area contributed by atoms with Gasteiger partial charge in [-0.25, -0.2) is 18.0 Å². The molecular weight excluding hydrogens is 424 g/mol. The Morgan fingerprint density at radius 2 is 1.58 bits per heavy atom. The summed E-state index contributed by atoms with van der Waals surface area (Å²) >= 11 is 0. The smallest absolute Gasteiger partial charge is 0.339 e. The van der Waals surface area contributed by atoms with E-state index in [1.807, 2.05) is 13.8 Å². The summed E-state index contributed by atoms with van der Waals surface area (Å²) in [5.74, 6) is -2.11. The number of benzene rings is 2. The molecule has 0 fully saturated rings. The van der Waals surface area contributed by atoms with Crippen molar-refractivity contribution in [2.45, 2.75) is 13.8 Å². The Bertz CT molecular complexity index is 1130. The lowest BCUT2D eigenvalue weighted by molar-refractivity contribution is -0.114. The number of hydrogen-bond acceptors (Lipinski definition) is 7. The van der Waals surface area contributed by atoms with Crippen molar-refractivity contribution in [2.75, 3.05) is 36.6 Å². The quantitative estimate of drug-likeness (QED) is 0.646. The zero-order valence-corrected chi connectivity index (χ0v) is 18.7. The van der Waals surface area contributed by atoms with Crippen LogP contribution < -0.4 is 9.62 Å². The van der Waals surface area contributed by atoms with Gasteiger partial charge in [0, 0.05) is 0 Å². The first-order valence-corrected chi connectivity index (χ1v) is 11.0. The average molecular weight is 448 g/mol. The number of anilines is 2. The van der Waals surface area contributed by atoms with Gasteiger partial charge in [-0.3, -0.25) is 9.10 Å². The molecule has 2 rings (SSSR count). The molecule has 1 N–H and O–H groups in total. The Kier molecular flexibility index (Phi) is 7.40. The summed E-state index contributed by atoms with van der Waals surface area (Å²) in [6.07, 6.45) is 0.993. The fourth-order valence-electron chi connectivity index (χ4n) is 2.78. The number of carbonyl (C=O) groups excluding carboxylic acids is 3. The van der Waals surface area contributed by atoms with Gasteiger partial charge in [0.2, 0.25) is 15.9 Å². The van der Waals surface area contributed by atoms with Gasteiger partial charge in [-0.2, -0.15) is 0 Å². The van der Waals surface area contributed by atoms with Crippen molar-refractivity contribution >= 4 is 39.2 Å². The second-order valence-electron chi connectivity index (χ2n) is 6.83. The van der Waals surface area contributed by atoms with Crippen LogP contribution in [0.1, 0.15) is 31.8 Å². The highest BCUT2D eigenvalue weighted by Gasteiger charge is 2.23. The maximum Gasteiger partial charge on any atom is 0.339 e. The number of amides is 1. The Balaban J connectivity index is 2.38. The number of ether oxygens (including phenoxy) is 2. The Morgan fingerprint density at radius 3 is 2.13 bits per heavy atom. The minimum absolute atomic E-state index is 0.000545. The zero-order valence-electron chi connectivity index (χ0n) is 17.9. The lowest BCUT2D eigenvalue weighted by Gasteiger charge is -2.23. The number of rotatable bonds is 7. The number of aryl methyl sites for hydroxylation is 2. The summed E-state index contributed by atoms with van der Waals surface area (Å²) in [4.78, 5) is 36.6. The second-order valence-corrected chi connectivity index (χ2v) is 8.74. The molecule has 10 heteroatoms. The van der Waals surface area contributed by atoms with Gasteiger partial charge in [0.05, 0.1) is 43.0 Å². The third-order valence-electron chi connectivity index (χ3n) is 4.59. The van der Waals surface area contributed by atoms with E-state index in [0.29, 0.717) is 5.69 Å². The molecule has 2 aromatic rings. The van der Waals surface area contributed by atoms with E-state index in [4.69, 9.17) is 4.74 Å². The molecule has 166 valence electrons. The predicted octanol–water partition coefficient (Wildman–Crippen LogP) is 2.28. The normalized spacial score (nSPS) is 10.9. The van der Waals surface area contributed by atoms with E-state index in [-0.39, 0.29) is 16.8 Å². The number of hydrogen-bond donors (Lipinski definition) is 1. The molecule has 31 heavy (non-hydrogen) atoms. The third-order valence-corrected chi connectivity index (χ3v) is 5.73. The van der Waals surface area contributed by atoms with Crippen LogP contribution in [0, 0.1) is 13.8 Å². The lowest BCUT2D eigenvalue weighted by atomic mass is 10.1. The molecule has 0 aromatic heterocycles. The molecule has 0 bridgehead atoms. The van der Waals surface area contributed by atoms with Gasteiger partial charge in [0.1, 0.15) is 6.54 Å². The summed E-state index contributed by atoms with van der Waals surface area (Å²) < 4.78 is 35.0. The van der Waals surface area contributed by atoms with E-state index in [1.54, 1.807) is 18.2 Å². The number of sulfonamides is 1. The van der Waals surface area contributed by atoms with Crippen LogP contribution in [0.4, 0.5) is 11.4 Å². The molecule has 2 aromatic carbocycles. The first kappa shape index (κ1) is 23.9. The molecule has 9 nitrogen and oxygen atoms in total. The monoisotopic (exact) mass is 448 g/mol. The maximum atomic E-state index is 12.7. The molecule has 0 unspecified atom stereocenters. The number of carbonyl (C=O) groups is 3. The van der Waals surface area contributed by atoms with Crippen LogP contribution in [-0.4, -0.2) is 53.3 Å². The molecule has 0 aliphatic heterocycles. The number of nitrogens with zero attached hydrogens (tertiary/aromatic N) is 1. The topological polar surface area (TPSA) is 119 Å². The average Bonchev–Trinajstić information content (AvgIpc) is 2.72. The minimum Gasteiger partial charge on any atom is -0.465 e. The fraction of sp³-hybridized carbons (Fsp3) is 0.286. The summed E-state index contributed by atoms with van der Waals surface area (Å²) in [6, 6.07) is 8.96. The largest absolute Gasteiger partial charge is 0.465 e. The summed E-state index contributed by atoms with van der Waals surface area (Å²) in [5.41, 5.74) is 2.26. The van der Waals surface area contributed by atoms with E-state index in [2.05, 4.69) is 10.1 Å². The van der Waals surface area contributed by atoms with Crippen molar-refractivity contribution in [3.05, 3.63) is 58.7 Å². The van der Waals surface area contributed by atoms with Crippen LogP contribution in [0.3, 0.4) is 0 Å². The van der Waals surface area contributed by atoms with Crippen molar-refractivity contribution in [1.29, 1.82) is 0 Å². The Labute approximate surface area is 181 Å². The van der Waals surface area contributed by atoms with Gasteiger partial charge >= 0.3 is 11.9 Å². The van der Waals surface area contributed by atoms with E-state index < -0.39 is 34.4 Å². The molecule has 0 atom stereocenters. The number of methoxy groups -OCH3 is 2. The molecule has 0 saturated carbocycles. The molecule has 0 saturated heterocycles. The summed E-state index contributed by atoms with van der Waals surface area (Å²) in [6.45, 7) is 3.18. The van der Waals surface area contributed by atoms with Crippen molar-refractivity contribution in [1.82, 2.24) is 0 Å². The number of nitrogens with one attached hydrogen (secondary N) is 1. The van der Waals surface area contributed by atoms with Crippen LogP contribution in [0.25, 0.3) is 0 Å². The van der Waals surface area contributed by atoms with E-state index >= 15 is 0 Å². The van der Waals surface area contributed by atoms with Crippen LogP contribution in [0.5, 0.6) is 0 Å². The van der Waals surface area contributed by atoms with Crippen molar-refractivity contribution in [2.24, 2.45) is 0 Å². The van der Waals surface area contributed by atoms with Crippen LogP contribution in [-0.2, 0) is 24.3 Å². The summed E-state index contributed by atoms with van der Waals surface area (Å²) in [7, 11) is -1.41. The van der Waals surface area contributed by atoms with Crippen molar-refractivity contribution < 1.29 is 32.3 Å². The van der Waals surface area contributed by atoms with Gasteiger partial charge in [-0.15, -0.1) is 0 Å². The van der Waals surface area contributed by atoms with Gasteiger partial charge in [-0.05, 0) is 55.3 Å². The highest BCUT2D eigenvalue weighted by molar-refractivity contribution is 7.92. The SMILES string of the molecule is COC(=O)c1ccc(C(=O)OC)c(NC(=O)CN(c2ccc(C)c(C)c2)S(C)(=O)=O)c1. The summed E-state index contributed by atoms with van der Waals surface area (Å²) in [5, 5.41) is 2.49. The van der Waals surface area contributed by atoms with E-state index in [1.165, 1.54) is 32.4 Å². The van der Waals surface area contributed by atoms with Gasteiger partial charge in [-0.1, -0.05) is 6.07 Å². The molecule has 0 aliphatic carbocycles. The van der Waals surface area contributed by atoms with Crippen LogP contribution in [0.15, 0.2) is 36.4 Å². The Hall–Kier alpha value is -3.40. The second kappa shape index (κ2) is 9.61. The zero-order chi connectivity index (χ0) is 23.3. The van der Waals surface area contributed by atoms with Crippen molar-refractivity contribution in [3.63, 3.8) is 0 Å². The molecule has 0 spiro atoms. The third kappa shape index (κ3) is 5.82. The lowest BCUT2D eigenvalue weighted by Crippen LogP contribution is -2.37. The minimum atomic E-state index is -3.78. The molecular formula is C21H24N2O7S. The molecule has 0 heterocycles. The first-order chi connectivity index (χ1) is 14.5. The standard InChI is InChI=1S/C21H24N2O7S/c1-13-6-8-16(10-14(13)2)23(31(5,27)28)12-19(24)22-18-11-15(20(25)29-3)7-9-17(18)21(26)30-4/h6-11H,12H2,1-5H3,(H,22,24). The highest BCUT2D eigenvalue weighted by atomic mass is 32.2. The van der Waals surface area contributed by atoms with Crippen LogP contribution >= 0.6 is 0 Å². The highest BCUT2D eigenvalue weighted by Crippen LogP contribution is 2.23. The molecule has 1 amide bonds. The number of esters is 2. The predicted molar refractivity (Wildman–Crippen MR) is 116 cm³/mol. The first-order valence-electron chi connectivity index (χ1n) is 9.13. The van der Waals surface area contributed by atoms with Crippen molar-refractivity contribution in [3.8, 4) is 0 Å². The maximum absolute atomic E-state index is 12.7. The fourth-order valence-corrected chi connectivity index (χ4v) is 3.63. The van der Waals surface area contributed by atoms with Gasteiger partial charge in [0.25, 0.3) is 0 Å². The molecule has 0 aliphatic rings. The molecule has 0 radical (unpaired) electrons. The van der Waals surface area contributed by atoms with E-state index in [0.717, 1.165) is 21.7 Å². The van der Waals surface area contributed by atoms with Gasteiger partial charge in [0.15, 0.2) is 0 Å². The Morgan fingerprint density at radius 1 is 0.935 bits per heavy atom.